The summed E-state index contributed by atoms with van der Waals surface area (Å²) in [7, 11) is 0. The van der Waals surface area contributed by atoms with Crippen LogP contribution in [0.5, 0.6) is 0 Å². The van der Waals surface area contributed by atoms with E-state index < -0.39 is 0 Å². The summed E-state index contributed by atoms with van der Waals surface area (Å²) in [6.07, 6.45) is 1.09. The Labute approximate surface area is 110 Å². The Hall–Kier alpha value is -1.56. The minimum atomic E-state index is 0.219. The van der Waals surface area contributed by atoms with Gasteiger partial charge < -0.3 is 0 Å². The molecule has 0 spiro atoms. The fraction of sp³-hybridized carbons (Fsp3) is 0.333. The maximum atomic E-state index is 2.32. The first kappa shape index (κ1) is 11.5. The Morgan fingerprint density at radius 2 is 1.61 bits per heavy atom. The zero-order valence-corrected chi connectivity index (χ0v) is 11.7. The molecule has 0 heteroatoms. The van der Waals surface area contributed by atoms with Gasteiger partial charge in [0.1, 0.15) is 0 Å². The third-order valence-corrected chi connectivity index (χ3v) is 4.03. The molecule has 0 bridgehead atoms. The Morgan fingerprint density at radius 3 is 2.33 bits per heavy atom. The van der Waals surface area contributed by atoms with Crippen LogP contribution in [0.2, 0.25) is 0 Å². The van der Waals surface area contributed by atoms with Crippen molar-refractivity contribution in [2.75, 3.05) is 0 Å². The van der Waals surface area contributed by atoms with E-state index in [-0.39, 0.29) is 5.41 Å². The highest BCUT2D eigenvalue weighted by Gasteiger charge is 2.24. The van der Waals surface area contributed by atoms with Crippen LogP contribution < -0.4 is 0 Å². The lowest BCUT2D eigenvalue weighted by Crippen LogP contribution is -2.13. The monoisotopic (exact) mass is 236 g/mol. The zero-order valence-electron chi connectivity index (χ0n) is 11.7. The van der Waals surface area contributed by atoms with Gasteiger partial charge in [-0.25, -0.2) is 0 Å². The van der Waals surface area contributed by atoms with Gasteiger partial charge in [0.25, 0.3) is 0 Å². The van der Waals surface area contributed by atoms with Crippen LogP contribution in [0, 0.1) is 6.92 Å². The highest BCUT2D eigenvalue weighted by molar-refractivity contribution is 5.80. The molecule has 0 fully saturated rings. The van der Waals surface area contributed by atoms with Crippen LogP contribution in [0.15, 0.2) is 36.4 Å². The van der Waals surface area contributed by atoms with E-state index in [2.05, 4.69) is 64.1 Å². The molecular formula is C18H20. The van der Waals surface area contributed by atoms with Gasteiger partial charge in [-0.05, 0) is 52.1 Å². The first-order chi connectivity index (χ1) is 8.48. The lowest BCUT2D eigenvalue weighted by atomic mass is 9.81. The molecule has 1 aliphatic rings. The normalized spacial score (nSPS) is 13.3. The number of fused-ring (bicyclic) bond motifs is 3. The van der Waals surface area contributed by atoms with Gasteiger partial charge in [0.05, 0.1) is 0 Å². The van der Waals surface area contributed by atoms with Crippen molar-refractivity contribution in [1.82, 2.24) is 0 Å². The second-order valence-corrected chi connectivity index (χ2v) is 6.36. The third kappa shape index (κ3) is 1.59. The molecule has 0 nitrogen and oxygen atoms in total. The van der Waals surface area contributed by atoms with Crippen molar-refractivity contribution in [3.05, 3.63) is 58.7 Å². The van der Waals surface area contributed by atoms with Crippen molar-refractivity contribution in [1.29, 1.82) is 0 Å². The van der Waals surface area contributed by atoms with Gasteiger partial charge in [-0.1, -0.05) is 57.2 Å². The fourth-order valence-corrected chi connectivity index (χ4v) is 3.23. The molecule has 0 heterocycles. The smallest absolute Gasteiger partial charge is 0.00133 e. The van der Waals surface area contributed by atoms with E-state index in [0.29, 0.717) is 0 Å². The van der Waals surface area contributed by atoms with E-state index in [1.165, 1.54) is 33.4 Å². The van der Waals surface area contributed by atoms with Gasteiger partial charge in [0.15, 0.2) is 0 Å². The summed E-state index contributed by atoms with van der Waals surface area (Å²) in [5.41, 5.74) is 9.04. The van der Waals surface area contributed by atoms with Gasteiger partial charge >= 0.3 is 0 Å². The van der Waals surface area contributed by atoms with Crippen LogP contribution in [0.1, 0.15) is 43.0 Å². The Balaban J connectivity index is 2.28. The molecule has 2 aromatic carbocycles. The van der Waals surface area contributed by atoms with Gasteiger partial charge in [0, 0.05) is 0 Å². The Bertz CT molecular complexity index is 612. The predicted octanol–water partition coefficient (Wildman–Crippen LogP) is 4.86. The highest BCUT2D eigenvalue weighted by Crippen LogP contribution is 2.41. The fourth-order valence-electron chi connectivity index (χ4n) is 3.23. The second-order valence-electron chi connectivity index (χ2n) is 6.36. The maximum absolute atomic E-state index is 2.32. The summed E-state index contributed by atoms with van der Waals surface area (Å²) >= 11 is 0. The zero-order chi connectivity index (χ0) is 12.9. The van der Waals surface area contributed by atoms with Crippen LogP contribution in [0.25, 0.3) is 11.1 Å². The average molecular weight is 236 g/mol. The summed E-state index contributed by atoms with van der Waals surface area (Å²) in [5.74, 6) is 0. The largest absolute Gasteiger partial charge is 0.0619 e. The van der Waals surface area contributed by atoms with Crippen molar-refractivity contribution in [3.8, 4) is 11.1 Å². The SMILES string of the molecule is Cc1c(C(C)(C)C)ccc2c1-c1ccccc1C2. The molecule has 0 unspecified atom stereocenters. The number of hydrogen-bond donors (Lipinski definition) is 0. The minimum Gasteiger partial charge on any atom is -0.0619 e. The second kappa shape index (κ2) is 3.71. The molecular weight excluding hydrogens is 216 g/mol. The van der Waals surface area contributed by atoms with Crippen molar-refractivity contribution in [2.24, 2.45) is 0 Å². The molecule has 92 valence electrons. The Kier molecular flexibility index (Phi) is 2.38. The molecule has 0 aliphatic heterocycles. The van der Waals surface area contributed by atoms with E-state index >= 15 is 0 Å². The third-order valence-electron chi connectivity index (χ3n) is 4.03. The van der Waals surface area contributed by atoms with Gasteiger partial charge in [-0.15, -0.1) is 0 Å². The molecule has 0 amide bonds. The summed E-state index contributed by atoms with van der Waals surface area (Å²) in [4.78, 5) is 0. The number of hydrogen-bond acceptors (Lipinski definition) is 0. The molecule has 18 heavy (non-hydrogen) atoms. The minimum absolute atomic E-state index is 0.219. The van der Waals surface area contributed by atoms with E-state index in [4.69, 9.17) is 0 Å². The van der Waals surface area contributed by atoms with Gasteiger partial charge in [-0.2, -0.15) is 0 Å². The first-order valence-corrected chi connectivity index (χ1v) is 6.70. The first-order valence-electron chi connectivity index (χ1n) is 6.70. The van der Waals surface area contributed by atoms with Crippen molar-refractivity contribution in [2.45, 2.75) is 39.5 Å². The summed E-state index contributed by atoms with van der Waals surface area (Å²) in [6, 6.07) is 13.5. The van der Waals surface area contributed by atoms with E-state index in [1.807, 2.05) is 0 Å². The summed E-state index contributed by atoms with van der Waals surface area (Å²) in [5, 5.41) is 0. The highest BCUT2D eigenvalue weighted by atomic mass is 14.3. The molecule has 0 aromatic heterocycles. The molecule has 3 rings (SSSR count). The van der Waals surface area contributed by atoms with Crippen LogP contribution >= 0.6 is 0 Å². The van der Waals surface area contributed by atoms with E-state index in [9.17, 15) is 0 Å². The molecule has 0 saturated heterocycles. The number of rotatable bonds is 0. The van der Waals surface area contributed by atoms with Crippen LogP contribution in [-0.2, 0) is 11.8 Å². The Morgan fingerprint density at radius 1 is 0.889 bits per heavy atom. The van der Waals surface area contributed by atoms with Gasteiger partial charge in [0.2, 0.25) is 0 Å². The molecule has 0 atom stereocenters. The molecule has 2 aromatic rings. The van der Waals surface area contributed by atoms with Gasteiger partial charge in [-0.3, -0.25) is 0 Å². The topological polar surface area (TPSA) is 0 Å². The summed E-state index contributed by atoms with van der Waals surface area (Å²) < 4.78 is 0. The van der Waals surface area contributed by atoms with Crippen LogP contribution in [-0.4, -0.2) is 0 Å². The van der Waals surface area contributed by atoms with Crippen molar-refractivity contribution < 1.29 is 0 Å². The average Bonchev–Trinajstić information content (AvgIpc) is 2.66. The van der Waals surface area contributed by atoms with Crippen LogP contribution in [0.3, 0.4) is 0 Å². The van der Waals surface area contributed by atoms with Crippen LogP contribution in [0.4, 0.5) is 0 Å². The lowest BCUT2D eigenvalue weighted by molar-refractivity contribution is 0.586. The number of benzene rings is 2. The molecule has 0 N–H and O–H groups in total. The lowest BCUT2D eigenvalue weighted by Gasteiger charge is -2.23. The summed E-state index contributed by atoms with van der Waals surface area (Å²) in [6.45, 7) is 9.16. The molecule has 1 aliphatic carbocycles. The van der Waals surface area contributed by atoms with E-state index in [0.717, 1.165) is 6.42 Å². The molecule has 0 saturated carbocycles. The van der Waals surface area contributed by atoms with E-state index in [1.54, 1.807) is 0 Å². The quantitative estimate of drug-likeness (QED) is 0.522. The van der Waals surface area contributed by atoms with Crippen molar-refractivity contribution >= 4 is 0 Å². The molecule has 0 radical (unpaired) electrons. The standard InChI is InChI=1S/C18H20/c1-12-16(18(2,3)4)10-9-14-11-13-7-5-6-8-15(13)17(12)14/h5-10H,11H2,1-4H3. The maximum Gasteiger partial charge on any atom is -0.00133 e. The van der Waals surface area contributed by atoms with Crippen molar-refractivity contribution in [3.63, 3.8) is 0 Å². The predicted molar refractivity (Wildman–Crippen MR) is 78.1 cm³/mol.